The number of hydrogen-bond donors (Lipinski definition) is 1. The lowest BCUT2D eigenvalue weighted by atomic mass is 10.4. The van der Waals surface area contributed by atoms with Crippen molar-refractivity contribution in [2.45, 2.75) is 24.9 Å². The molecule has 0 aliphatic rings. The monoisotopic (exact) mass is 356 g/mol. The smallest absolute Gasteiger partial charge is 0.377 e. The highest BCUT2D eigenvalue weighted by Crippen LogP contribution is 2.16. The summed E-state index contributed by atoms with van der Waals surface area (Å²) in [6, 6.07) is 1.47. The first-order chi connectivity index (χ1) is 10.5. The van der Waals surface area contributed by atoms with E-state index in [1.54, 1.807) is 47.7 Å². The molecule has 0 aliphatic carbocycles. The predicted molar refractivity (Wildman–Crippen MR) is 88.2 cm³/mol. The first kappa shape index (κ1) is 22.1. The molecule has 10 heteroatoms. The lowest BCUT2D eigenvalue weighted by Crippen LogP contribution is -2.45. The number of nitrogens with zero attached hydrogens (tertiary/aromatic N) is 1. The summed E-state index contributed by atoms with van der Waals surface area (Å²) < 4.78 is 32.3. The Bertz CT molecular complexity index is 238. The fourth-order valence-electron chi connectivity index (χ4n) is 2.22. The third-order valence-electron chi connectivity index (χ3n) is 3.72. The Morgan fingerprint density at radius 1 is 0.636 bits per heavy atom. The summed E-state index contributed by atoms with van der Waals surface area (Å²) in [5.74, 6) is 6.00. The molecule has 0 aromatic heterocycles. The Balaban J connectivity index is 4.03. The molecule has 0 fully saturated rings. The molecule has 0 aromatic rings. The minimum atomic E-state index is -2.50. The molecule has 0 rings (SSSR count). The Morgan fingerprint density at radius 2 is 0.909 bits per heavy atom. The molecule has 0 atom stereocenters. The zero-order valence-electron chi connectivity index (χ0n) is 14.7. The van der Waals surface area contributed by atoms with Crippen molar-refractivity contribution < 1.29 is 26.6 Å². The van der Waals surface area contributed by atoms with E-state index < -0.39 is 17.6 Å². The molecule has 2 N–H and O–H groups in total. The second kappa shape index (κ2) is 11.6. The Labute approximate surface area is 136 Å². The summed E-state index contributed by atoms with van der Waals surface area (Å²) in [6.07, 6.45) is 1.69. The fraction of sp³-hybridized carbons (Fsp3) is 1.00. The van der Waals surface area contributed by atoms with E-state index in [0.29, 0.717) is 0 Å². The van der Waals surface area contributed by atoms with Crippen molar-refractivity contribution in [3.05, 3.63) is 0 Å². The van der Waals surface area contributed by atoms with Crippen LogP contribution in [0.2, 0.25) is 12.1 Å². The van der Waals surface area contributed by atoms with E-state index in [2.05, 4.69) is 0 Å². The molecule has 0 bridgehead atoms. The molecule has 0 aromatic carbocycles. The van der Waals surface area contributed by atoms with Gasteiger partial charge >= 0.3 is 17.6 Å². The molecule has 8 nitrogen and oxygen atoms in total. The molecule has 0 unspecified atom stereocenters. The third-order valence-corrected chi connectivity index (χ3v) is 9.39. The van der Waals surface area contributed by atoms with Crippen LogP contribution in [0.1, 0.15) is 12.8 Å². The van der Waals surface area contributed by atoms with Crippen LogP contribution in [0.3, 0.4) is 0 Å². The summed E-state index contributed by atoms with van der Waals surface area (Å²) in [5.41, 5.74) is 0. The standard InChI is InChI=1S/C12H32N2O6Si2/c1-15-21(16-2,17-3)11-7-9-14(13)10-8-12-22(18-4,19-5)20-6/h7-13H2,1-6H3. The van der Waals surface area contributed by atoms with E-state index in [-0.39, 0.29) is 0 Å². The van der Waals surface area contributed by atoms with E-state index in [0.717, 1.165) is 38.0 Å². The van der Waals surface area contributed by atoms with Crippen molar-refractivity contribution in [2.24, 2.45) is 5.84 Å². The minimum Gasteiger partial charge on any atom is -0.377 e. The zero-order valence-corrected chi connectivity index (χ0v) is 16.7. The van der Waals surface area contributed by atoms with Gasteiger partial charge in [-0.05, 0) is 12.8 Å². The van der Waals surface area contributed by atoms with E-state index >= 15 is 0 Å². The van der Waals surface area contributed by atoms with Crippen LogP contribution in [-0.2, 0) is 26.6 Å². The lowest BCUT2D eigenvalue weighted by molar-refractivity contribution is 0.119. The van der Waals surface area contributed by atoms with Gasteiger partial charge in [0.2, 0.25) is 0 Å². The first-order valence-electron chi connectivity index (χ1n) is 7.27. The summed E-state index contributed by atoms with van der Waals surface area (Å²) in [4.78, 5) is 0. The van der Waals surface area contributed by atoms with Gasteiger partial charge in [0, 0.05) is 67.8 Å². The van der Waals surface area contributed by atoms with Crippen molar-refractivity contribution in [2.75, 3.05) is 55.7 Å². The largest absolute Gasteiger partial charge is 0.500 e. The first-order valence-corrected chi connectivity index (χ1v) is 11.1. The Hall–Kier alpha value is 0.114. The van der Waals surface area contributed by atoms with Crippen molar-refractivity contribution in [3.63, 3.8) is 0 Å². The van der Waals surface area contributed by atoms with Gasteiger partial charge in [-0.25, -0.2) is 5.01 Å². The maximum Gasteiger partial charge on any atom is 0.500 e. The van der Waals surface area contributed by atoms with Crippen molar-refractivity contribution in [3.8, 4) is 0 Å². The topological polar surface area (TPSA) is 84.6 Å². The normalized spacial score (nSPS) is 13.1. The number of nitrogens with two attached hydrogens (primary N) is 1. The van der Waals surface area contributed by atoms with Gasteiger partial charge in [0.15, 0.2) is 0 Å². The van der Waals surface area contributed by atoms with Crippen LogP contribution < -0.4 is 5.84 Å². The number of hydrogen-bond acceptors (Lipinski definition) is 8. The van der Waals surface area contributed by atoms with Crippen LogP contribution in [-0.4, -0.2) is 78.4 Å². The highest BCUT2D eigenvalue weighted by atomic mass is 28.4. The molecule has 0 amide bonds. The average molecular weight is 357 g/mol. The number of hydrazine groups is 1. The van der Waals surface area contributed by atoms with Crippen LogP contribution in [0, 0.1) is 0 Å². The highest BCUT2D eigenvalue weighted by Gasteiger charge is 2.38. The second-order valence-corrected chi connectivity index (χ2v) is 11.0. The SMILES string of the molecule is CO[Si](CCCN(N)CCC[Si](OC)(OC)OC)(OC)OC. The van der Waals surface area contributed by atoms with Crippen molar-refractivity contribution >= 4 is 17.6 Å². The van der Waals surface area contributed by atoms with Crippen molar-refractivity contribution in [1.82, 2.24) is 5.01 Å². The van der Waals surface area contributed by atoms with Gasteiger partial charge in [-0.1, -0.05) is 0 Å². The van der Waals surface area contributed by atoms with Gasteiger partial charge in [0.05, 0.1) is 0 Å². The van der Waals surface area contributed by atoms with Gasteiger partial charge in [0.1, 0.15) is 0 Å². The molecule has 134 valence electrons. The zero-order chi connectivity index (χ0) is 17.1. The maximum atomic E-state index is 6.00. The van der Waals surface area contributed by atoms with Crippen LogP contribution in [0.15, 0.2) is 0 Å². The van der Waals surface area contributed by atoms with E-state index in [9.17, 15) is 0 Å². The van der Waals surface area contributed by atoms with Gasteiger partial charge < -0.3 is 26.6 Å². The summed E-state index contributed by atoms with van der Waals surface area (Å²) in [6.45, 7) is 1.48. The predicted octanol–water partition coefficient (Wildman–Crippen LogP) is 0.699. The van der Waals surface area contributed by atoms with E-state index in [4.69, 9.17) is 32.4 Å². The number of rotatable bonds is 14. The molecule has 0 heterocycles. The molecule has 0 saturated heterocycles. The summed E-state index contributed by atoms with van der Waals surface area (Å²) in [5, 5.41) is 1.78. The maximum absolute atomic E-state index is 6.00. The molecular formula is C12H32N2O6Si2. The minimum absolute atomic E-state index is 0.733. The van der Waals surface area contributed by atoms with Gasteiger partial charge in [-0.15, -0.1) is 0 Å². The van der Waals surface area contributed by atoms with Crippen LogP contribution in [0.25, 0.3) is 0 Å². The van der Waals surface area contributed by atoms with Gasteiger partial charge in [-0.2, -0.15) is 0 Å². The van der Waals surface area contributed by atoms with Crippen molar-refractivity contribution in [1.29, 1.82) is 0 Å². The lowest BCUT2D eigenvalue weighted by Gasteiger charge is -2.26. The average Bonchev–Trinajstić information content (AvgIpc) is 2.56. The molecule has 0 aliphatic heterocycles. The van der Waals surface area contributed by atoms with E-state index in [1.165, 1.54) is 0 Å². The van der Waals surface area contributed by atoms with Crippen LogP contribution in [0.4, 0.5) is 0 Å². The highest BCUT2D eigenvalue weighted by molar-refractivity contribution is 6.60. The fourth-order valence-corrected chi connectivity index (χ4v) is 5.63. The second-order valence-electron chi connectivity index (χ2n) is 4.83. The molecule has 0 saturated carbocycles. The van der Waals surface area contributed by atoms with Crippen LogP contribution in [0.5, 0.6) is 0 Å². The van der Waals surface area contributed by atoms with Gasteiger partial charge in [0.25, 0.3) is 0 Å². The molecular weight excluding hydrogens is 324 g/mol. The van der Waals surface area contributed by atoms with E-state index in [1.807, 2.05) is 0 Å². The Morgan fingerprint density at radius 3 is 1.14 bits per heavy atom. The summed E-state index contributed by atoms with van der Waals surface area (Å²) in [7, 11) is 4.69. The van der Waals surface area contributed by atoms with Gasteiger partial charge in [-0.3, -0.25) is 5.84 Å². The summed E-state index contributed by atoms with van der Waals surface area (Å²) >= 11 is 0. The Kier molecular flexibility index (Phi) is 11.7. The quantitative estimate of drug-likeness (QED) is 0.277. The molecule has 0 spiro atoms. The third kappa shape index (κ3) is 7.13. The molecule has 22 heavy (non-hydrogen) atoms. The van der Waals surface area contributed by atoms with Crippen LogP contribution >= 0.6 is 0 Å². The molecule has 0 radical (unpaired) electrons.